The third-order valence-corrected chi connectivity index (χ3v) is 5.97. The highest BCUT2D eigenvalue weighted by molar-refractivity contribution is 6.03. The molecule has 0 amide bonds. The number of carboxylic acid groups (broad SMARTS) is 1. The normalized spacial score (nSPS) is 16.1. The molecule has 2 atom stereocenters. The number of rotatable bonds is 8. The molecule has 6 heteroatoms. The van der Waals surface area contributed by atoms with Gasteiger partial charge in [0.2, 0.25) is 0 Å². The highest BCUT2D eigenvalue weighted by Crippen LogP contribution is 2.48. The Morgan fingerprint density at radius 1 is 1.06 bits per heavy atom. The highest BCUT2D eigenvalue weighted by Gasteiger charge is 2.34. The molecule has 0 spiro atoms. The lowest BCUT2D eigenvalue weighted by Crippen LogP contribution is -2.21. The van der Waals surface area contributed by atoms with Gasteiger partial charge in [-0.3, -0.25) is 9.59 Å². The monoisotopic (exact) mass is 458 g/mol. The predicted octanol–water partition coefficient (Wildman–Crippen LogP) is 5.86. The number of ketones is 1. The second-order valence-corrected chi connectivity index (χ2v) is 8.34. The standard InChI is InChI=1S/C28H26O6/c29-21-17-24-27(22(30)16-23(34-24)19-10-5-2-6-11-19)28(33)26(21)20(12-7-13-25(31)32)15-14-18-8-3-1-4-9-18/h1-6,8-11,14-15,17,20,23,29,33H,7,12-13,16H2,(H,31,32)/b15-14+/t20-,23-/m0/s1. The maximum atomic E-state index is 13.0. The Bertz CT molecular complexity index is 1200. The van der Waals surface area contributed by atoms with Crippen molar-refractivity contribution in [3.05, 3.63) is 95.1 Å². The average molecular weight is 459 g/mol. The Morgan fingerprint density at radius 2 is 1.74 bits per heavy atom. The van der Waals surface area contributed by atoms with Gasteiger partial charge in [-0.15, -0.1) is 0 Å². The molecule has 0 saturated carbocycles. The summed E-state index contributed by atoms with van der Waals surface area (Å²) in [6.45, 7) is 0. The van der Waals surface area contributed by atoms with Gasteiger partial charge in [-0.1, -0.05) is 72.8 Å². The zero-order valence-corrected chi connectivity index (χ0v) is 18.6. The van der Waals surface area contributed by atoms with Gasteiger partial charge < -0.3 is 20.1 Å². The van der Waals surface area contributed by atoms with Crippen LogP contribution in [0.15, 0.2) is 72.8 Å². The molecule has 0 bridgehead atoms. The van der Waals surface area contributed by atoms with Crippen molar-refractivity contribution in [2.75, 3.05) is 0 Å². The van der Waals surface area contributed by atoms with Gasteiger partial charge in [0, 0.05) is 24.0 Å². The minimum absolute atomic E-state index is 0.0388. The number of ether oxygens (including phenoxy) is 1. The van der Waals surface area contributed by atoms with E-state index in [-0.39, 0.29) is 47.0 Å². The molecule has 3 N–H and O–H groups in total. The van der Waals surface area contributed by atoms with E-state index in [1.165, 1.54) is 6.07 Å². The number of Topliss-reactive ketones (excluding diaryl/α,β-unsaturated/α-hetero) is 1. The minimum atomic E-state index is -0.916. The van der Waals surface area contributed by atoms with Gasteiger partial charge in [0.05, 0.1) is 6.42 Å². The largest absolute Gasteiger partial charge is 0.507 e. The van der Waals surface area contributed by atoms with E-state index in [1.807, 2.05) is 72.8 Å². The SMILES string of the molecule is O=C(O)CCC[C@@H](/C=C/c1ccccc1)c1c(O)cc2c(c1O)C(=O)C[C@@H](c1ccccc1)O2. The fourth-order valence-electron chi connectivity index (χ4n) is 4.30. The number of hydrogen-bond acceptors (Lipinski definition) is 5. The van der Waals surface area contributed by atoms with Crippen LogP contribution < -0.4 is 4.74 Å². The molecule has 0 radical (unpaired) electrons. The van der Waals surface area contributed by atoms with Crippen LogP contribution in [0.2, 0.25) is 0 Å². The number of benzene rings is 3. The molecule has 0 fully saturated rings. The number of aliphatic carboxylic acids is 1. The summed E-state index contributed by atoms with van der Waals surface area (Å²) in [5.74, 6) is -2.06. The molecule has 34 heavy (non-hydrogen) atoms. The molecule has 1 aliphatic rings. The van der Waals surface area contributed by atoms with Crippen LogP contribution in [-0.2, 0) is 4.79 Å². The zero-order valence-electron chi connectivity index (χ0n) is 18.6. The summed E-state index contributed by atoms with van der Waals surface area (Å²) in [6, 6.07) is 20.2. The molecule has 3 aromatic carbocycles. The summed E-state index contributed by atoms with van der Waals surface area (Å²) >= 11 is 0. The van der Waals surface area contributed by atoms with E-state index in [9.17, 15) is 19.8 Å². The summed E-state index contributed by atoms with van der Waals surface area (Å²) in [4.78, 5) is 24.1. The average Bonchev–Trinajstić information content (AvgIpc) is 2.82. The predicted molar refractivity (Wildman–Crippen MR) is 128 cm³/mol. The number of fused-ring (bicyclic) bond motifs is 1. The lowest BCUT2D eigenvalue weighted by atomic mass is 9.86. The number of carboxylic acids is 1. The van der Waals surface area contributed by atoms with Crippen LogP contribution in [0, 0.1) is 0 Å². The fourth-order valence-corrected chi connectivity index (χ4v) is 4.30. The Balaban J connectivity index is 1.69. The van der Waals surface area contributed by atoms with Gasteiger partial charge in [0.15, 0.2) is 5.78 Å². The van der Waals surface area contributed by atoms with Crippen LogP contribution in [0.1, 0.15) is 64.8 Å². The van der Waals surface area contributed by atoms with Crippen molar-refractivity contribution in [3.8, 4) is 17.2 Å². The molecule has 6 nitrogen and oxygen atoms in total. The number of phenols is 2. The van der Waals surface area contributed by atoms with Crippen LogP contribution in [0.25, 0.3) is 6.08 Å². The van der Waals surface area contributed by atoms with Crippen molar-refractivity contribution in [3.63, 3.8) is 0 Å². The summed E-state index contributed by atoms with van der Waals surface area (Å²) in [6.07, 6.45) is 3.91. The molecule has 0 aromatic heterocycles. The van der Waals surface area contributed by atoms with Crippen LogP contribution in [-0.4, -0.2) is 27.1 Å². The van der Waals surface area contributed by atoms with Crippen molar-refractivity contribution >= 4 is 17.8 Å². The van der Waals surface area contributed by atoms with Crippen LogP contribution in [0.3, 0.4) is 0 Å². The lowest BCUT2D eigenvalue weighted by Gasteiger charge is -2.28. The van der Waals surface area contributed by atoms with E-state index in [2.05, 4.69) is 0 Å². The van der Waals surface area contributed by atoms with Crippen molar-refractivity contribution in [2.24, 2.45) is 0 Å². The molecule has 4 rings (SSSR count). The molecule has 1 aliphatic heterocycles. The van der Waals surface area contributed by atoms with E-state index in [0.717, 1.165) is 11.1 Å². The van der Waals surface area contributed by atoms with Gasteiger partial charge in [-0.25, -0.2) is 0 Å². The number of carbonyl (C=O) groups excluding carboxylic acids is 1. The van der Waals surface area contributed by atoms with E-state index in [4.69, 9.17) is 9.84 Å². The first-order valence-electron chi connectivity index (χ1n) is 11.2. The van der Waals surface area contributed by atoms with Crippen molar-refractivity contribution in [2.45, 2.75) is 37.7 Å². The molecular weight excluding hydrogens is 432 g/mol. The Hall–Kier alpha value is -4.06. The molecule has 1 heterocycles. The summed E-state index contributed by atoms with van der Waals surface area (Å²) < 4.78 is 5.99. The lowest BCUT2D eigenvalue weighted by molar-refractivity contribution is -0.137. The van der Waals surface area contributed by atoms with E-state index < -0.39 is 18.0 Å². The van der Waals surface area contributed by atoms with Gasteiger partial charge in [0.25, 0.3) is 0 Å². The highest BCUT2D eigenvalue weighted by atomic mass is 16.5. The second-order valence-electron chi connectivity index (χ2n) is 8.34. The molecular formula is C28H26O6. The summed E-state index contributed by atoms with van der Waals surface area (Å²) in [5.41, 5.74) is 2.01. The molecule has 0 saturated heterocycles. The number of allylic oxidation sites excluding steroid dienone is 1. The van der Waals surface area contributed by atoms with Gasteiger partial charge in [0.1, 0.15) is 28.9 Å². The van der Waals surface area contributed by atoms with Crippen molar-refractivity contribution in [1.82, 2.24) is 0 Å². The number of hydrogen-bond donors (Lipinski definition) is 3. The summed E-state index contributed by atoms with van der Waals surface area (Å²) in [5, 5.41) is 31.0. The first-order valence-corrected chi connectivity index (χ1v) is 11.2. The van der Waals surface area contributed by atoms with Crippen LogP contribution in [0.4, 0.5) is 0 Å². The van der Waals surface area contributed by atoms with Gasteiger partial charge in [-0.2, -0.15) is 0 Å². The minimum Gasteiger partial charge on any atom is -0.507 e. The van der Waals surface area contributed by atoms with Gasteiger partial charge in [-0.05, 0) is 24.0 Å². The maximum absolute atomic E-state index is 13.0. The number of carbonyl (C=O) groups is 2. The van der Waals surface area contributed by atoms with Gasteiger partial charge >= 0.3 is 5.97 Å². The first kappa shape index (κ1) is 23.1. The van der Waals surface area contributed by atoms with Crippen LogP contribution in [0.5, 0.6) is 17.2 Å². The van der Waals surface area contributed by atoms with E-state index >= 15 is 0 Å². The third-order valence-electron chi connectivity index (χ3n) is 5.97. The second kappa shape index (κ2) is 10.3. The Kier molecular flexibility index (Phi) is 6.97. The van der Waals surface area contributed by atoms with Crippen LogP contribution >= 0.6 is 0 Å². The van der Waals surface area contributed by atoms with Crippen molar-refractivity contribution < 1.29 is 29.6 Å². The third kappa shape index (κ3) is 5.12. The zero-order chi connectivity index (χ0) is 24.1. The Labute approximate surface area is 197 Å². The molecule has 3 aromatic rings. The van der Waals surface area contributed by atoms with E-state index in [1.54, 1.807) is 0 Å². The maximum Gasteiger partial charge on any atom is 0.303 e. The molecule has 174 valence electrons. The smallest absolute Gasteiger partial charge is 0.303 e. The fraction of sp³-hybridized carbons (Fsp3) is 0.214. The Morgan fingerprint density at radius 3 is 2.41 bits per heavy atom. The van der Waals surface area contributed by atoms with Crippen molar-refractivity contribution in [1.29, 1.82) is 0 Å². The summed E-state index contributed by atoms with van der Waals surface area (Å²) in [7, 11) is 0. The first-order chi connectivity index (χ1) is 16.4. The van der Waals surface area contributed by atoms with E-state index in [0.29, 0.717) is 12.8 Å². The molecule has 0 unspecified atom stereocenters. The number of phenolic OH excluding ortho intramolecular Hbond substituents is 2. The quantitative estimate of drug-likeness (QED) is 0.391. The number of aromatic hydroxyl groups is 2. The molecule has 0 aliphatic carbocycles. The topological polar surface area (TPSA) is 104 Å².